The molecule has 0 aromatic heterocycles. The highest BCUT2D eigenvalue weighted by Crippen LogP contribution is 2.24. The Bertz CT molecular complexity index is 252. The smallest absolute Gasteiger partial charge is 0.314 e. The SMILES string of the molecule is CC(CCNC(=O)NCC1CCC1)C(=O)O. The van der Waals surface area contributed by atoms with E-state index in [1.807, 2.05) is 0 Å². The Balaban J connectivity index is 1.99. The molecule has 0 aromatic carbocycles. The van der Waals surface area contributed by atoms with Gasteiger partial charge in [-0.3, -0.25) is 4.79 Å². The van der Waals surface area contributed by atoms with Gasteiger partial charge in [-0.25, -0.2) is 4.79 Å². The lowest BCUT2D eigenvalue weighted by Gasteiger charge is -2.25. The van der Waals surface area contributed by atoms with Crippen molar-refractivity contribution >= 4 is 12.0 Å². The first-order valence-electron chi connectivity index (χ1n) is 5.84. The Hall–Kier alpha value is -1.26. The highest BCUT2D eigenvalue weighted by Gasteiger charge is 2.17. The molecule has 0 heterocycles. The van der Waals surface area contributed by atoms with Crippen LogP contribution < -0.4 is 10.6 Å². The number of carbonyl (C=O) groups excluding carboxylic acids is 1. The van der Waals surface area contributed by atoms with Gasteiger partial charge >= 0.3 is 12.0 Å². The van der Waals surface area contributed by atoms with Crippen LogP contribution in [-0.4, -0.2) is 30.2 Å². The van der Waals surface area contributed by atoms with Crippen molar-refractivity contribution in [2.45, 2.75) is 32.6 Å². The van der Waals surface area contributed by atoms with E-state index in [4.69, 9.17) is 5.11 Å². The van der Waals surface area contributed by atoms with Crippen molar-refractivity contribution < 1.29 is 14.7 Å². The summed E-state index contributed by atoms with van der Waals surface area (Å²) in [6.07, 6.45) is 4.14. The van der Waals surface area contributed by atoms with Gasteiger partial charge in [0.2, 0.25) is 0 Å². The van der Waals surface area contributed by atoms with Crippen molar-refractivity contribution in [3.05, 3.63) is 0 Å². The van der Waals surface area contributed by atoms with Crippen LogP contribution in [0.25, 0.3) is 0 Å². The molecule has 2 amide bonds. The van der Waals surface area contributed by atoms with Crippen LogP contribution in [0.2, 0.25) is 0 Å². The third-order valence-electron chi connectivity index (χ3n) is 3.06. The summed E-state index contributed by atoms with van der Waals surface area (Å²) in [5.41, 5.74) is 0. The van der Waals surface area contributed by atoms with Crippen LogP contribution in [0.15, 0.2) is 0 Å². The van der Waals surface area contributed by atoms with Crippen LogP contribution in [0.1, 0.15) is 32.6 Å². The molecule has 0 aliphatic heterocycles. The Kier molecular flexibility index (Phi) is 5.08. The third kappa shape index (κ3) is 4.51. The average molecular weight is 228 g/mol. The zero-order valence-corrected chi connectivity index (χ0v) is 9.66. The summed E-state index contributed by atoms with van der Waals surface area (Å²) < 4.78 is 0. The monoisotopic (exact) mass is 228 g/mol. The maximum atomic E-state index is 11.3. The van der Waals surface area contributed by atoms with Gasteiger partial charge in [-0.15, -0.1) is 0 Å². The number of hydrogen-bond acceptors (Lipinski definition) is 2. The molecular weight excluding hydrogens is 208 g/mol. The van der Waals surface area contributed by atoms with Crippen LogP contribution in [0, 0.1) is 11.8 Å². The molecule has 5 nitrogen and oxygen atoms in total. The van der Waals surface area contributed by atoms with E-state index in [2.05, 4.69) is 10.6 Å². The summed E-state index contributed by atoms with van der Waals surface area (Å²) in [6.45, 7) is 2.78. The summed E-state index contributed by atoms with van der Waals surface area (Å²) in [6, 6.07) is -0.190. The summed E-state index contributed by atoms with van der Waals surface area (Å²) in [4.78, 5) is 21.8. The van der Waals surface area contributed by atoms with Gasteiger partial charge in [-0.05, 0) is 25.2 Å². The summed E-state index contributed by atoms with van der Waals surface area (Å²) in [5.74, 6) is -0.590. The second-order valence-corrected chi connectivity index (χ2v) is 4.46. The first-order chi connectivity index (χ1) is 7.59. The Labute approximate surface area is 95.6 Å². The van der Waals surface area contributed by atoms with E-state index in [-0.39, 0.29) is 6.03 Å². The van der Waals surface area contributed by atoms with E-state index in [9.17, 15) is 9.59 Å². The maximum absolute atomic E-state index is 11.3. The Morgan fingerprint density at radius 1 is 1.38 bits per heavy atom. The van der Waals surface area contributed by atoms with E-state index < -0.39 is 11.9 Å². The van der Waals surface area contributed by atoms with Gasteiger partial charge in [0.15, 0.2) is 0 Å². The quantitative estimate of drug-likeness (QED) is 0.639. The highest BCUT2D eigenvalue weighted by atomic mass is 16.4. The second kappa shape index (κ2) is 6.35. The predicted octanol–water partition coefficient (Wildman–Crippen LogP) is 1.20. The molecule has 0 aromatic rings. The van der Waals surface area contributed by atoms with Crippen LogP contribution in [0.4, 0.5) is 4.79 Å². The fourth-order valence-corrected chi connectivity index (χ4v) is 1.52. The molecule has 92 valence electrons. The molecule has 1 saturated carbocycles. The van der Waals surface area contributed by atoms with Crippen molar-refractivity contribution in [3.8, 4) is 0 Å². The van der Waals surface area contributed by atoms with Crippen LogP contribution in [0.3, 0.4) is 0 Å². The van der Waals surface area contributed by atoms with E-state index in [0.717, 1.165) is 6.54 Å². The lowest BCUT2D eigenvalue weighted by atomic mass is 9.85. The fourth-order valence-electron chi connectivity index (χ4n) is 1.52. The minimum absolute atomic E-state index is 0.190. The van der Waals surface area contributed by atoms with Gasteiger partial charge < -0.3 is 15.7 Å². The van der Waals surface area contributed by atoms with Gasteiger partial charge in [0.25, 0.3) is 0 Å². The fraction of sp³-hybridized carbons (Fsp3) is 0.818. The van der Waals surface area contributed by atoms with Crippen molar-refractivity contribution in [2.24, 2.45) is 11.8 Å². The van der Waals surface area contributed by atoms with Crippen molar-refractivity contribution in [2.75, 3.05) is 13.1 Å². The number of amides is 2. The standard InChI is InChI=1S/C11H20N2O3/c1-8(10(14)15)5-6-12-11(16)13-7-9-3-2-4-9/h8-9H,2-7H2,1H3,(H,14,15)(H2,12,13,16). The molecule has 1 atom stereocenters. The average Bonchev–Trinajstić information content (AvgIpc) is 2.15. The second-order valence-electron chi connectivity index (χ2n) is 4.46. The molecule has 5 heteroatoms. The zero-order chi connectivity index (χ0) is 12.0. The lowest BCUT2D eigenvalue weighted by Crippen LogP contribution is -2.40. The van der Waals surface area contributed by atoms with Gasteiger partial charge in [0.1, 0.15) is 0 Å². The molecule has 1 rings (SSSR count). The number of urea groups is 1. The number of hydrogen-bond donors (Lipinski definition) is 3. The molecule has 1 fully saturated rings. The largest absolute Gasteiger partial charge is 0.481 e. The number of nitrogens with one attached hydrogen (secondary N) is 2. The van der Waals surface area contributed by atoms with E-state index in [1.165, 1.54) is 19.3 Å². The van der Waals surface area contributed by atoms with E-state index in [1.54, 1.807) is 6.92 Å². The van der Waals surface area contributed by atoms with Gasteiger partial charge in [-0.2, -0.15) is 0 Å². The number of carboxylic acid groups (broad SMARTS) is 1. The maximum Gasteiger partial charge on any atom is 0.314 e. The third-order valence-corrected chi connectivity index (χ3v) is 3.06. The molecule has 0 radical (unpaired) electrons. The zero-order valence-electron chi connectivity index (χ0n) is 9.66. The number of aliphatic carboxylic acids is 1. The number of carbonyl (C=O) groups is 2. The van der Waals surface area contributed by atoms with Crippen LogP contribution in [0.5, 0.6) is 0 Å². The molecule has 1 unspecified atom stereocenters. The van der Waals surface area contributed by atoms with Crippen LogP contribution >= 0.6 is 0 Å². The molecule has 3 N–H and O–H groups in total. The first kappa shape index (κ1) is 12.8. The number of carboxylic acids is 1. The molecule has 0 spiro atoms. The van der Waals surface area contributed by atoms with Crippen molar-refractivity contribution in [1.82, 2.24) is 10.6 Å². The van der Waals surface area contributed by atoms with E-state index in [0.29, 0.717) is 18.9 Å². The highest BCUT2D eigenvalue weighted by molar-refractivity contribution is 5.74. The Morgan fingerprint density at radius 3 is 2.56 bits per heavy atom. The minimum atomic E-state index is -0.823. The Morgan fingerprint density at radius 2 is 2.06 bits per heavy atom. The number of rotatable bonds is 6. The molecule has 1 aliphatic rings. The molecular formula is C11H20N2O3. The van der Waals surface area contributed by atoms with Crippen molar-refractivity contribution in [3.63, 3.8) is 0 Å². The molecule has 16 heavy (non-hydrogen) atoms. The van der Waals surface area contributed by atoms with Gasteiger partial charge in [0.05, 0.1) is 5.92 Å². The summed E-state index contributed by atoms with van der Waals surface area (Å²) in [7, 11) is 0. The van der Waals surface area contributed by atoms with Gasteiger partial charge in [-0.1, -0.05) is 13.3 Å². The predicted molar refractivity (Wildman–Crippen MR) is 60.2 cm³/mol. The topological polar surface area (TPSA) is 78.4 Å². The lowest BCUT2D eigenvalue weighted by molar-refractivity contribution is -0.141. The summed E-state index contributed by atoms with van der Waals surface area (Å²) in [5, 5.41) is 14.1. The van der Waals surface area contributed by atoms with Crippen LogP contribution in [-0.2, 0) is 4.79 Å². The molecule has 1 aliphatic carbocycles. The summed E-state index contributed by atoms with van der Waals surface area (Å²) >= 11 is 0. The van der Waals surface area contributed by atoms with Gasteiger partial charge in [0, 0.05) is 13.1 Å². The van der Waals surface area contributed by atoms with E-state index >= 15 is 0 Å². The minimum Gasteiger partial charge on any atom is -0.481 e. The molecule has 0 saturated heterocycles. The molecule has 0 bridgehead atoms. The van der Waals surface area contributed by atoms with Crippen molar-refractivity contribution in [1.29, 1.82) is 0 Å². The normalized spacial score (nSPS) is 17.3. The first-order valence-corrected chi connectivity index (χ1v) is 5.84.